The first-order chi connectivity index (χ1) is 17.9. The van der Waals surface area contributed by atoms with E-state index in [1.165, 1.54) is 16.2 Å². The molecular weight excluding hydrogens is 521 g/mol. The van der Waals surface area contributed by atoms with E-state index in [0.717, 1.165) is 22.7 Å². The lowest BCUT2D eigenvalue weighted by Crippen LogP contribution is -2.35. The summed E-state index contributed by atoms with van der Waals surface area (Å²) in [7, 11) is 0. The largest absolute Gasteiger partial charge is 0.433 e. The van der Waals surface area contributed by atoms with E-state index in [0.29, 0.717) is 41.9 Å². The fraction of sp³-hybridized carbons (Fsp3) is 0.400. The van der Waals surface area contributed by atoms with Gasteiger partial charge in [-0.2, -0.15) is 13.2 Å². The lowest BCUT2D eigenvalue weighted by atomic mass is 9.79. The van der Waals surface area contributed by atoms with Crippen LogP contribution in [0.5, 0.6) is 0 Å². The minimum absolute atomic E-state index is 0.0335. The number of carbonyl (C=O) groups excluding carboxylic acids is 2. The van der Waals surface area contributed by atoms with Crippen molar-refractivity contribution in [1.82, 2.24) is 15.0 Å². The van der Waals surface area contributed by atoms with Gasteiger partial charge in [-0.1, -0.05) is 6.07 Å². The van der Waals surface area contributed by atoms with Crippen LogP contribution in [0.1, 0.15) is 48.4 Å². The first kappa shape index (κ1) is 27.5. The van der Waals surface area contributed by atoms with Crippen LogP contribution in [-0.4, -0.2) is 38.4 Å². The zero-order valence-electron chi connectivity index (χ0n) is 20.5. The molecule has 1 aromatic carbocycles. The molecule has 9 nitrogen and oxygen atoms in total. The van der Waals surface area contributed by atoms with Gasteiger partial charge in [0.1, 0.15) is 16.3 Å². The van der Waals surface area contributed by atoms with E-state index in [9.17, 15) is 27.9 Å². The number of nitrogens with zero attached hydrogens (tertiary/aromatic N) is 4. The number of nitrogens with two attached hydrogens (primary N) is 2. The van der Waals surface area contributed by atoms with Crippen LogP contribution in [0.3, 0.4) is 0 Å². The molecule has 0 aliphatic heterocycles. The van der Waals surface area contributed by atoms with Crippen molar-refractivity contribution in [2.24, 2.45) is 17.4 Å². The second kappa shape index (κ2) is 10.7. The Bertz CT molecular complexity index is 1340. The fourth-order valence-electron chi connectivity index (χ4n) is 4.48. The number of carbonyl (C=O) groups is 2. The molecule has 0 atom stereocenters. The summed E-state index contributed by atoms with van der Waals surface area (Å²) >= 11 is 1.30. The number of thiazole rings is 1. The number of alkyl halides is 3. The van der Waals surface area contributed by atoms with Crippen molar-refractivity contribution >= 4 is 34.8 Å². The van der Waals surface area contributed by atoms with E-state index in [1.807, 2.05) is 13.0 Å². The number of hydrogen-bond donors (Lipinski definition) is 3. The van der Waals surface area contributed by atoms with Gasteiger partial charge in [0.25, 0.3) is 0 Å². The smallest absolute Gasteiger partial charge is 0.383 e. The lowest BCUT2D eigenvalue weighted by molar-refractivity contribution is -0.141. The van der Waals surface area contributed by atoms with Gasteiger partial charge in [-0.25, -0.2) is 15.0 Å². The predicted octanol–water partition coefficient (Wildman–Crippen LogP) is 3.80. The molecule has 3 aromatic rings. The molecule has 4 rings (SSSR count). The Labute approximate surface area is 220 Å². The molecular formula is C25H27F3N6O3S. The summed E-state index contributed by atoms with van der Waals surface area (Å²) in [5.41, 5.74) is 10.4. The molecule has 2 heterocycles. The quantitative estimate of drug-likeness (QED) is 0.388. The number of benzene rings is 1. The highest BCUT2D eigenvalue weighted by Crippen LogP contribution is 2.43. The summed E-state index contributed by atoms with van der Waals surface area (Å²) in [6.45, 7) is 1.79. The van der Waals surface area contributed by atoms with Crippen molar-refractivity contribution in [1.29, 1.82) is 0 Å². The van der Waals surface area contributed by atoms with Crippen LogP contribution in [-0.2, 0) is 21.4 Å². The third-order valence-corrected chi connectivity index (χ3v) is 7.77. The minimum Gasteiger partial charge on any atom is -0.383 e. The number of anilines is 2. The average molecular weight is 549 g/mol. The molecule has 0 spiro atoms. The molecule has 1 aliphatic rings. The summed E-state index contributed by atoms with van der Waals surface area (Å²) in [6, 6.07) is 6.14. The number of aromatic nitrogens is 3. The Morgan fingerprint density at radius 1 is 1.18 bits per heavy atom. The molecule has 1 fully saturated rings. The summed E-state index contributed by atoms with van der Waals surface area (Å²) < 4.78 is 39.9. The van der Waals surface area contributed by atoms with Crippen LogP contribution >= 0.6 is 11.3 Å². The van der Waals surface area contributed by atoms with E-state index >= 15 is 0 Å². The van der Waals surface area contributed by atoms with Gasteiger partial charge in [0.05, 0.1) is 4.88 Å². The number of hydrogen-bond acceptors (Lipinski definition) is 8. The molecule has 2 amide bonds. The van der Waals surface area contributed by atoms with Crippen molar-refractivity contribution in [3.8, 4) is 10.4 Å². The fourth-order valence-corrected chi connectivity index (χ4v) is 5.53. The van der Waals surface area contributed by atoms with Crippen molar-refractivity contribution in [2.45, 2.75) is 50.8 Å². The number of amides is 2. The second-order valence-electron chi connectivity index (χ2n) is 9.40. The van der Waals surface area contributed by atoms with Crippen molar-refractivity contribution in [3.05, 3.63) is 52.9 Å². The topological polar surface area (TPSA) is 148 Å². The number of halogens is 3. The predicted molar refractivity (Wildman–Crippen MR) is 135 cm³/mol. The van der Waals surface area contributed by atoms with Crippen LogP contribution in [0, 0.1) is 12.8 Å². The lowest BCUT2D eigenvalue weighted by Gasteiger charge is -2.33. The van der Waals surface area contributed by atoms with Crippen LogP contribution in [0.2, 0.25) is 0 Å². The third kappa shape index (κ3) is 6.10. The Balaban J connectivity index is 1.67. The van der Waals surface area contributed by atoms with E-state index in [2.05, 4.69) is 15.0 Å². The molecule has 0 radical (unpaired) electrons. The van der Waals surface area contributed by atoms with Crippen LogP contribution in [0.4, 0.5) is 24.8 Å². The van der Waals surface area contributed by atoms with Crippen molar-refractivity contribution in [2.75, 3.05) is 11.4 Å². The normalized spacial score (nSPS) is 19.8. The minimum atomic E-state index is -4.67. The Hall–Kier alpha value is -3.58. The zero-order chi connectivity index (χ0) is 27.7. The number of aryl methyl sites for hydroxylation is 1. The van der Waals surface area contributed by atoms with Crippen molar-refractivity contribution in [3.63, 3.8) is 0 Å². The van der Waals surface area contributed by atoms with Crippen LogP contribution in [0.25, 0.3) is 10.4 Å². The van der Waals surface area contributed by atoms with Crippen LogP contribution < -0.4 is 16.4 Å². The molecule has 0 saturated heterocycles. The van der Waals surface area contributed by atoms with Crippen LogP contribution in [0.15, 0.2) is 36.7 Å². The third-order valence-electron chi connectivity index (χ3n) is 6.53. The standard InChI is InChI=1S/C25H27F3N6O3S/c1-14-10-16(18-13-32-22(38-18)24(37)6-2-15(3-7-24)21(30)36)12-17(11-14)34(9-5-20(29)35)23-31-8-4-19(33-23)25(26,27)28/h4,8,10-13,15,37H,2-3,5-7,9H2,1H3,(H2,29,35)(H2,30,36). The average Bonchev–Trinajstić information content (AvgIpc) is 3.35. The molecule has 5 N–H and O–H groups in total. The maximum atomic E-state index is 13.3. The van der Waals surface area contributed by atoms with Gasteiger partial charge in [-0.3, -0.25) is 9.59 Å². The van der Waals surface area contributed by atoms with E-state index in [4.69, 9.17) is 11.5 Å². The summed E-state index contributed by atoms with van der Waals surface area (Å²) in [4.78, 5) is 37.3. The Morgan fingerprint density at radius 3 is 2.53 bits per heavy atom. The Morgan fingerprint density at radius 2 is 1.89 bits per heavy atom. The highest BCUT2D eigenvalue weighted by Gasteiger charge is 2.39. The second-order valence-corrected chi connectivity index (χ2v) is 10.4. The Kier molecular flexibility index (Phi) is 7.70. The van der Waals surface area contributed by atoms with Gasteiger partial charge in [0.15, 0.2) is 0 Å². The molecule has 0 bridgehead atoms. The van der Waals surface area contributed by atoms with Gasteiger partial charge in [-0.05, 0) is 61.9 Å². The molecule has 2 aromatic heterocycles. The van der Waals surface area contributed by atoms with Gasteiger partial charge >= 0.3 is 6.18 Å². The van der Waals surface area contributed by atoms with Gasteiger partial charge in [-0.15, -0.1) is 11.3 Å². The van der Waals surface area contributed by atoms with E-state index < -0.39 is 23.4 Å². The highest BCUT2D eigenvalue weighted by molar-refractivity contribution is 7.15. The molecule has 202 valence electrons. The zero-order valence-corrected chi connectivity index (χ0v) is 21.3. The number of primary amides is 2. The number of rotatable bonds is 8. The molecule has 38 heavy (non-hydrogen) atoms. The van der Waals surface area contributed by atoms with Crippen molar-refractivity contribution < 1.29 is 27.9 Å². The molecule has 1 saturated carbocycles. The molecule has 1 aliphatic carbocycles. The van der Waals surface area contributed by atoms with E-state index in [1.54, 1.807) is 18.3 Å². The maximum Gasteiger partial charge on any atom is 0.433 e. The van der Waals surface area contributed by atoms with Gasteiger partial charge in [0, 0.05) is 37.0 Å². The SMILES string of the molecule is Cc1cc(-c2cnc(C3(O)CCC(C(N)=O)CC3)s2)cc(N(CCC(N)=O)c2nccc(C(F)(F)F)n2)c1. The summed E-state index contributed by atoms with van der Waals surface area (Å²) in [5.74, 6) is -1.48. The number of aliphatic hydroxyl groups is 1. The highest BCUT2D eigenvalue weighted by atomic mass is 32.1. The first-order valence-electron chi connectivity index (χ1n) is 11.9. The van der Waals surface area contributed by atoms with Gasteiger partial charge < -0.3 is 21.5 Å². The summed E-state index contributed by atoms with van der Waals surface area (Å²) in [5, 5.41) is 11.7. The maximum absolute atomic E-state index is 13.3. The van der Waals surface area contributed by atoms with E-state index in [-0.39, 0.29) is 30.7 Å². The first-order valence-corrected chi connectivity index (χ1v) is 12.7. The van der Waals surface area contributed by atoms with Gasteiger partial charge in [0.2, 0.25) is 17.8 Å². The molecule has 13 heteroatoms. The molecule has 0 unspecified atom stereocenters. The summed E-state index contributed by atoms with van der Waals surface area (Å²) in [6.07, 6.45) is -0.482. The monoisotopic (exact) mass is 548 g/mol.